The molecule has 150 valence electrons. The van der Waals surface area contributed by atoms with E-state index in [2.05, 4.69) is 6.58 Å². The van der Waals surface area contributed by atoms with E-state index in [0.29, 0.717) is 17.1 Å². The Hall–Kier alpha value is -3.92. The Morgan fingerprint density at radius 3 is 2.10 bits per heavy atom. The van der Waals surface area contributed by atoms with Gasteiger partial charge in [0.15, 0.2) is 5.78 Å². The van der Waals surface area contributed by atoms with E-state index in [9.17, 15) is 9.59 Å². The van der Waals surface area contributed by atoms with Crippen LogP contribution in [0.4, 0.5) is 0 Å². The number of hydrogen-bond acceptors (Lipinski definition) is 4. The maximum atomic E-state index is 12.1. The van der Waals surface area contributed by atoms with Gasteiger partial charge in [-0.25, -0.2) is 0 Å². The summed E-state index contributed by atoms with van der Waals surface area (Å²) in [5.41, 5.74) is 2.48. The third-order valence-corrected chi connectivity index (χ3v) is 4.29. The zero-order chi connectivity index (χ0) is 21.2. The molecule has 3 aromatic rings. The van der Waals surface area contributed by atoms with Crippen molar-refractivity contribution in [2.24, 2.45) is 0 Å². The maximum Gasteiger partial charge on any atom is 0.314 e. The van der Waals surface area contributed by atoms with Gasteiger partial charge in [0.1, 0.15) is 11.5 Å². The molecule has 0 saturated carbocycles. The predicted molar refractivity (Wildman–Crippen MR) is 119 cm³/mol. The molecule has 0 saturated heterocycles. The number of allylic oxidation sites excluding steroid dienone is 1. The van der Waals surface area contributed by atoms with E-state index in [0.717, 1.165) is 11.1 Å². The van der Waals surface area contributed by atoms with Crippen molar-refractivity contribution in [3.05, 3.63) is 108 Å². The standard InChI is InChI=1S/C26H22O4/c1-2-20-8-13-23(14-9-20)29-19-18-26(28)30-24-15-10-21(11-16-24)12-17-25(27)22-6-4-3-5-7-22/h2-17H,1,18-19H2. The van der Waals surface area contributed by atoms with Crippen LogP contribution in [0.1, 0.15) is 27.9 Å². The molecule has 0 atom stereocenters. The van der Waals surface area contributed by atoms with Crippen molar-refractivity contribution in [1.29, 1.82) is 0 Å². The van der Waals surface area contributed by atoms with Crippen LogP contribution in [0.5, 0.6) is 11.5 Å². The van der Waals surface area contributed by atoms with E-state index in [1.807, 2.05) is 42.5 Å². The van der Waals surface area contributed by atoms with Crippen LogP contribution in [0, 0.1) is 0 Å². The lowest BCUT2D eigenvalue weighted by Crippen LogP contribution is -2.12. The smallest absolute Gasteiger partial charge is 0.314 e. The average molecular weight is 398 g/mol. The van der Waals surface area contributed by atoms with Gasteiger partial charge in [0.25, 0.3) is 0 Å². The van der Waals surface area contributed by atoms with E-state index in [1.54, 1.807) is 48.6 Å². The highest BCUT2D eigenvalue weighted by molar-refractivity contribution is 6.06. The van der Waals surface area contributed by atoms with Crippen LogP contribution in [0.2, 0.25) is 0 Å². The molecule has 4 nitrogen and oxygen atoms in total. The van der Waals surface area contributed by atoms with Crippen molar-refractivity contribution < 1.29 is 19.1 Å². The highest BCUT2D eigenvalue weighted by atomic mass is 16.5. The van der Waals surface area contributed by atoms with Gasteiger partial charge in [-0.1, -0.05) is 73.3 Å². The van der Waals surface area contributed by atoms with Gasteiger partial charge < -0.3 is 9.47 Å². The van der Waals surface area contributed by atoms with E-state index in [-0.39, 0.29) is 24.8 Å². The first-order valence-corrected chi connectivity index (χ1v) is 9.57. The summed E-state index contributed by atoms with van der Waals surface area (Å²) in [4.78, 5) is 24.1. The van der Waals surface area contributed by atoms with Crippen LogP contribution in [0.3, 0.4) is 0 Å². The molecule has 0 heterocycles. The Balaban J connectivity index is 1.45. The van der Waals surface area contributed by atoms with Crippen LogP contribution < -0.4 is 9.47 Å². The molecule has 0 unspecified atom stereocenters. The third kappa shape index (κ3) is 6.31. The quantitative estimate of drug-likeness (QED) is 0.204. The molecule has 0 aliphatic carbocycles. The monoisotopic (exact) mass is 398 g/mol. The van der Waals surface area contributed by atoms with E-state index in [4.69, 9.17) is 9.47 Å². The van der Waals surface area contributed by atoms with Crippen LogP contribution >= 0.6 is 0 Å². The summed E-state index contributed by atoms with van der Waals surface area (Å²) in [6.07, 6.45) is 5.14. The first kappa shape index (κ1) is 20.8. The summed E-state index contributed by atoms with van der Waals surface area (Å²) in [5.74, 6) is 0.696. The molecule has 4 heteroatoms. The van der Waals surface area contributed by atoms with E-state index >= 15 is 0 Å². The Labute approximate surface area is 176 Å². The predicted octanol–water partition coefficient (Wildman–Crippen LogP) is 5.60. The fraction of sp³-hybridized carbons (Fsp3) is 0.0769. The maximum absolute atomic E-state index is 12.1. The van der Waals surface area contributed by atoms with Crippen molar-refractivity contribution in [1.82, 2.24) is 0 Å². The molecular formula is C26H22O4. The first-order chi connectivity index (χ1) is 14.6. The second kappa shape index (κ2) is 10.6. The summed E-state index contributed by atoms with van der Waals surface area (Å²) >= 11 is 0. The van der Waals surface area contributed by atoms with Crippen molar-refractivity contribution in [2.45, 2.75) is 6.42 Å². The second-order valence-corrected chi connectivity index (χ2v) is 6.48. The molecule has 0 spiro atoms. The third-order valence-electron chi connectivity index (χ3n) is 4.29. The van der Waals surface area contributed by atoms with Gasteiger partial charge in [-0.15, -0.1) is 0 Å². The molecule has 0 aromatic heterocycles. The van der Waals surface area contributed by atoms with Crippen LogP contribution in [-0.4, -0.2) is 18.4 Å². The highest BCUT2D eigenvalue weighted by Gasteiger charge is 2.06. The Kier molecular flexibility index (Phi) is 7.34. The number of carbonyl (C=O) groups is 2. The van der Waals surface area contributed by atoms with Crippen molar-refractivity contribution in [2.75, 3.05) is 6.61 Å². The largest absolute Gasteiger partial charge is 0.493 e. The van der Waals surface area contributed by atoms with E-state index < -0.39 is 0 Å². The molecule has 0 bridgehead atoms. The van der Waals surface area contributed by atoms with Crippen LogP contribution in [-0.2, 0) is 4.79 Å². The number of ether oxygens (including phenoxy) is 2. The fourth-order valence-electron chi connectivity index (χ4n) is 2.65. The molecule has 0 fully saturated rings. The van der Waals surface area contributed by atoms with Gasteiger partial charge >= 0.3 is 5.97 Å². The Morgan fingerprint density at radius 2 is 1.43 bits per heavy atom. The average Bonchev–Trinajstić information content (AvgIpc) is 2.79. The fourth-order valence-corrected chi connectivity index (χ4v) is 2.65. The second-order valence-electron chi connectivity index (χ2n) is 6.48. The van der Waals surface area contributed by atoms with Gasteiger partial charge in [-0.3, -0.25) is 9.59 Å². The molecule has 0 N–H and O–H groups in total. The van der Waals surface area contributed by atoms with Gasteiger partial charge in [-0.05, 0) is 41.5 Å². The molecule has 0 aliphatic rings. The number of rotatable bonds is 9. The topological polar surface area (TPSA) is 52.6 Å². The lowest BCUT2D eigenvalue weighted by Gasteiger charge is -2.07. The van der Waals surface area contributed by atoms with Crippen molar-refractivity contribution >= 4 is 23.9 Å². The van der Waals surface area contributed by atoms with Crippen LogP contribution in [0.25, 0.3) is 12.2 Å². The number of carbonyl (C=O) groups excluding carboxylic acids is 2. The Morgan fingerprint density at radius 1 is 0.800 bits per heavy atom. The van der Waals surface area contributed by atoms with Gasteiger partial charge in [0.2, 0.25) is 0 Å². The summed E-state index contributed by atoms with van der Waals surface area (Å²) in [5, 5.41) is 0. The zero-order valence-corrected chi connectivity index (χ0v) is 16.5. The van der Waals surface area contributed by atoms with Gasteiger partial charge in [0.05, 0.1) is 13.0 Å². The molecule has 3 rings (SSSR count). The lowest BCUT2D eigenvalue weighted by atomic mass is 10.1. The molecular weight excluding hydrogens is 376 g/mol. The summed E-state index contributed by atoms with van der Waals surface area (Å²) in [6, 6.07) is 23.5. The highest BCUT2D eigenvalue weighted by Crippen LogP contribution is 2.16. The zero-order valence-electron chi connectivity index (χ0n) is 16.5. The number of esters is 1. The Bertz CT molecular complexity index is 1020. The van der Waals surface area contributed by atoms with Crippen molar-refractivity contribution in [3.8, 4) is 11.5 Å². The van der Waals surface area contributed by atoms with Crippen LogP contribution in [0.15, 0.2) is 91.5 Å². The normalized spacial score (nSPS) is 10.5. The molecule has 30 heavy (non-hydrogen) atoms. The number of ketones is 1. The lowest BCUT2D eigenvalue weighted by molar-refractivity contribution is -0.134. The summed E-state index contributed by atoms with van der Waals surface area (Å²) in [7, 11) is 0. The molecule has 0 radical (unpaired) electrons. The van der Waals surface area contributed by atoms with Gasteiger partial charge in [-0.2, -0.15) is 0 Å². The minimum absolute atomic E-state index is 0.0646. The SMILES string of the molecule is C=Cc1ccc(OCCC(=O)Oc2ccc(C=CC(=O)c3ccccc3)cc2)cc1. The molecule has 0 aliphatic heterocycles. The van der Waals surface area contributed by atoms with Gasteiger partial charge in [0, 0.05) is 5.56 Å². The summed E-state index contributed by atoms with van der Waals surface area (Å²) in [6.45, 7) is 3.93. The molecule has 3 aromatic carbocycles. The minimum Gasteiger partial charge on any atom is -0.493 e. The van der Waals surface area contributed by atoms with Crippen molar-refractivity contribution in [3.63, 3.8) is 0 Å². The number of benzene rings is 3. The molecule has 0 amide bonds. The first-order valence-electron chi connectivity index (χ1n) is 9.57. The minimum atomic E-state index is -0.375. The number of hydrogen-bond donors (Lipinski definition) is 0. The van der Waals surface area contributed by atoms with E-state index in [1.165, 1.54) is 6.08 Å². The summed E-state index contributed by atoms with van der Waals surface area (Å²) < 4.78 is 10.9.